The van der Waals surface area contributed by atoms with Crippen molar-refractivity contribution in [3.05, 3.63) is 102 Å². The zero-order chi connectivity index (χ0) is 26.5. The largest absolute Gasteiger partial charge is 0.496 e. The normalized spacial score (nSPS) is 20.0. The highest BCUT2D eigenvalue weighted by Gasteiger charge is 2.42. The Balaban J connectivity index is 1.21. The first-order chi connectivity index (χ1) is 18.6. The van der Waals surface area contributed by atoms with E-state index in [1.807, 2.05) is 60.7 Å². The quantitative estimate of drug-likeness (QED) is 0.409. The number of hydrogen-bond acceptors (Lipinski definition) is 5. The van der Waals surface area contributed by atoms with Crippen LogP contribution in [-0.2, 0) is 13.0 Å². The number of anilines is 1. The summed E-state index contributed by atoms with van der Waals surface area (Å²) in [6.45, 7) is 4.31. The van der Waals surface area contributed by atoms with Crippen LogP contribution < -0.4 is 20.3 Å². The Kier molecular flexibility index (Phi) is 7.73. The number of carbonyl (C=O) groups is 2. The van der Waals surface area contributed by atoms with Crippen LogP contribution in [0.4, 0.5) is 5.82 Å². The summed E-state index contributed by atoms with van der Waals surface area (Å²) < 4.78 is 5.48. The SMILES string of the molecule is C=CCc1c(OC)cccc1C(=O)NC1CC2CCC(C1)N2c1ccc(C(=O)NCc2ccccc2)cn1. The van der Waals surface area contributed by atoms with Gasteiger partial charge in [-0.05, 0) is 61.9 Å². The average Bonchev–Trinajstić information content (AvgIpc) is 3.22. The molecule has 3 heterocycles. The van der Waals surface area contributed by atoms with E-state index in [9.17, 15) is 9.59 Å². The van der Waals surface area contributed by atoms with E-state index in [0.29, 0.717) is 41.9 Å². The van der Waals surface area contributed by atoms with Gasteiger partial charge in [-0.25, -0.2) is 4.98 Å². The number of benzene rings is 2. The summed E-state index contributed by atoms with van der Waals surface area (Å²) in [6.07, 6.45) is 7.89. The number of rotatable bonds is 9. The molecule has 7 heteroatoms. The molecule has 0 radical (unpaired) electrons. The Hall–Kier alpha value is -4.13. The first-order valence-electron chi connectivity index (χ1n) is 13.2. The Bertz CT molecular complexity index is 1280. The molecule has 0 spiro atoms. The van der Waals surface area contributed by atoms with E-state index in [2.05, 4.69) is 27.1 Å². The van der Waals surface area contributed by atoms with Crippen LogP contribution in [0.25, 0.3) is 0 Å². The Morgan fingerprint density at radius 1 is 1.03 bits per heavy atom. The summed E-state index contributed by atoms with van der Waals surface area (Å²) in [5, 5.41) is 6.24. The highest BCUT2D eigenvalue weighted by Crippen LogP contribution is 2.38. The summed E-state index contributed by atoms with van der Waals surface area (Å²) in [5.41, 5.74) is 3.11. The molecule has 2 aromatic carbocycles. The average molecular weight is 511 g/mol. The molecule has 7 nitrogen and oxygen atoms in total. The monoisotopic (exact) mass is 510 g/mol. The number of amides is 2. The fraction of sp³-hybridized carbons (Fsp3) is 0.323. The molecule has 2 unspecified atom stereocenters. The van der Waals surface area contributed by atoms with Crippen LogP contribution in [0.2, 0.25) is 0 Å². The van der Waals surface area contributed by atoms with E-state index in [-0.39, 0.29) is 17.9 Å². The molecular weight excluding hydrogens is 476 g/mol. The zero-order valence-corrected chi connectivity index (χ0v) is 21.7. The molecule has 0 saturated carbocycles. The zero-order valence-electron chi connectivity index (χ0n) is 21.7. The molecule has 0 aliphatic carbocycles. The Morgan fingerprint density at radius 2 is 1.79 bits per heavy atom. The minimum atomic E-state index is -0.134. The van der Waals surface area contributed by atoms with E-state index >= 15 is 0 Å². The summed E-state index contributed by atoms with van der Waals surface area (Å²) in [7, 11) is 1.62. The summed E-state index contributed by atoms with van der Waals surface area (Å²) >= 11 is 0. The van der Waals surface area contributed by atoms with Gasteiger partial charge in [0.1, 0.15) is 11.6 Å². The number of nitrogens with one attached hydrogen (secondary N) is 2. The van der Waals surface area contributed by atoms with Gasteiger partial charge in [-0.3, -0.25) is 9.59 Å². The number of ether oxygens (including phenoxy) is 1. The van der Waals surface area contributed by atoms with Crippen molar-refractivity contribution >= 4 is 17.6 Å². The van der Waals surface area contributed by atoms with Gasteiger partial charge in [0.15, 0.2) is 0 Å². The first kappa shape index (κ1) is 25.5. The molecule has 2 atom stereocenters. The van der Waals surface area contributed by atoms with Gasteiger partial charge in [-0.2, -0.15) is 0 Å². The smallest absolute Gasteiger partial charge is 0.253 e. The van der Waals surface area contributed by atoms with Crippen LogP contribution in [0.15, 0.2) is 79.5 Å². The van der Waals surface area contributed by atoms with Crippen LogP contribution in [-0.4, -0.2) is 42.0 Å². The van der Waals surface area contributed by atoms with Crippen LogP contribution in [0.3, 0.4) is 0 Å². The molecule has 2 aliphatic rings. The number of hydrogen-bond donors (Lipinski definition) is 2. The molecule has 2 aliphatic heterocycles. The van der Waals surface area contributed by atoms with E-state index in [1.165, 1.54) is 0 Å². The van der Waals surface area contributed by atoms with Gasteiger partial charge in [-0.1, -0.05) is 42.5 Å². The number of aromatic nitrogens is 1. The van der Waals surface area contributed by atoms with Gasteiger partial charge in [-0.15, -0.1) is 6.58 Å². The number of methoxy groups -OCH3 is 1. The number of fused-ring (bicyclic) bond motifs is 2. The van der Waals surface area contributed by atoms with Crippen LogP contribution in [0.5, 0.6) is 5.75 Å². The molecule has 3 aromatic rings. The maximum atomic E-state index is 13.2. The second-order valence-corrected chi connectivity index (χ2v) is 9.99. The van der Waals surface area contributed by atoms with Gasteiger partial charge in [0.2, 0.25) is 0 Å². The highest BCUT2D eigenvalue weighted by atomic mass is 16.5. The molecule has 196 valence electrons. The number of nitrogens with zero attached hydrogens (tertiary/aromatic N) is 2. The summed E-state index contributed by atoms with van der Waals surface area (Å²) in [6, 6.07) is 19.9. The molecule has 5 rings (SSSR count). The lowest BCUT2D eigenvalue weighted by atomic mass is 9.96. The van der Waals surface area contributed by atoms with Crippen molar-refractivity contribution in [1.29, 1.82) is 0 Å². The fourth-order valence-corrected chi connectivity index (χ4v) is 5.81. The maximum absolute atomic E-state index is 13.2. The van der Waals surface area contributed by atoms with Gasteiger partial charge in [0.25, 0.3) is 11.8 Å². The Labute approximate surface area is 223 Å². The standard InChI is InChI=1S/C31H34N4O3/c1-3-8-26-27(11-7-12-28(26)38-2)31(37)34-23-17-24-14-15-25(18-23)35(24)29-16-13-22(20-32-29)30(36)33-19-21-9-5-4-6-10-21/h3-7,9-13,16,20,23-25H,1,8,14-15,17-19H2,2H3,(H,33,36)(H,34,37). The lowest BCUT2D eigenvalue weighted by molar-refractivity contribution is 0.0923. The molecule has 2 saturated heterocycles. The number of allylic oxidation sites excluding steroid dienone is 1. The second-order valence-electron chi connectivity index (χ2n) is 9.99. The topological polar surface area (TPSA) is 83.6 Å². The van der Waals surface area contributed by atoms with Gasteiger partial charge in [0, 0.05) is 42.0 Å². The minimum absolute atomic E-state index is 0.0670. The van der Waals surface area contributed by atoms with Gasteiger partial charge in [0.05, 0.1) is 12.7 Å². The predicted molar refractivity (Wildman–Crippen MR) is 149 cm³/mol. The minimum Gasteiger partial charge on any atom is -0.496 e. The first-order valence-corrected chi connectivity index (χ1v) is 13.2. The van der Waals surface area contributed by atoms with Gasteiger partial charge >= 0.3 is 0 Å². The highest BCUT2D eigenvalue weighted by molar-refractivity contribution is 5.96. The van der Waals surface area contributed by atoms with E-state index in [1.54, 1.807) is 19.4 Å². The molecule has 2 fully saturated rings. The van der Waals surface area contributed by atoms with Crippen LogP contribution >= 0.6 is 0 Å². The van der Waals surface area contributed by atoms with E-state index in [0.717, 1.165) is 42.6 Å². The van der Waals surface area contributed by atoms with Crippen molar-refractivity contribution in [3.8, 4) is 5.75 Å². The van der Waals surface area contributed by atoms with Crippen molar-refractivity contribution in [2.24, 2.45) is 0 Å². The van der Waals surface area contributed by atoms with Crippen molar-refractivity contribution in [1.82, 2.24) is 15.6 Å². The van der Waals surface area contributed by atoms with E-state index in [4.69, 9.17) is 4.74 Å². The molecular formula is C31H34N4O3. The van der Waals surface area contributed by atoms with Crippen molar-refractivity contribution in [2.75, 3.05) is 12.0 Å². The van der Waals surface area contributed by atoms with Crippen molar-refractivity contribution in [2.45, 2.75) is 56.8 Å². The molecule has 2 amide bonds. The van der Waals surface area contributed by atoms with Crippen molar-refractivity contribution < 1.29 is 14.3 Å². The summed E-state index contributed by atoms with van der Waals surface area (Å²) in [4.78, 5) is 32.9. The van der Waals surface area contributed by atoms with Crippen LogP contribution in [0, 0.1) is 0 Å². The third-order valence-corrected chi connectivity index (χ3v) is 7.58. The molecule has 2 N–H and O–H groups in total. The van der Waals surface area contributed by atoms with Gasteiger partial charge < -0.3 is 20.3 Å². The predicted octanol–water partition coefficient (Wildman–Crippen LogP) is 4.68. The number of carbonyl (C=O) groups excluding carboxylic acids is 2. The Morgan fingerprint density at radius 3 is 2.45 bits per heavy atom. The summed E-state index contributed by atoms with van der Waals surface area (Å²) in [5.74, 6) is 1.40. The maximum Gasteiger partial charge on any atom is 0.253 e. The lowest BCUT2D eigenvalue weighted by Gasteiger charge is -2.40. The lowest BCUT2D eigenvalue weighted by Crippen LogP contribution is -2.51. The molecule has 38 heavy (non-hydrogen) atoms. The van der Waals surface area contributed by atoms with E-state index < -0.39 is 0 Å². The third-order valence-electron chi connectivity index (χ3n) is 7.58. The van der Waals surface area contributed by atoms with Crippen molar-refractivity contribution in [3.63, 3.8) is 0 Å². The third kappa shape index (κ3) is 5.42. The second kappa shape index (κ2) is 11.5. The van der Waals surface area contributed by atoms with Crippen LogP contribution in [0.1, 0.15) is 57.5 Å². The molecule has 2 bridgehead atoms. The number of pyridine rings is 1. The molecule has 1 aromatic heterocycles. The fourth-order valence-electron chi connectivity index (χ4n) is 5.81. The number of piperidine rings is 1.